The summed E-state index contributed by atoms with van der Waals surface area (Å²) in [6.07, 6.45) is 3.13. The standard InChI is InChI=1S/C20H17NO3/c22-18-10-11-19(23)21(18)20-16-9-5-4-8-15(16)12-17(20)24-13-14-6-2-1-3-7-14/h1-11,17,20H,12-13H2/t17-,20+/m1/s1. The molecule has 1 heterocycles. The highest BCUT2D eigenvalue weighted by Gasteiger charge is 2.42. The van der Waals surface area contributed by atoms with E-state index in [2.05, 4.69) is 0 Å². The average molecular weight is 319 g/mol. The minimum atomic E-state index is -0.361. The first kappa shape index (κ1) is 14.8. The molecule has 0 aromatic heterocycles. The quantitative estimate of drug-likeness (QED) is 0.814. The number of fused-ring (bicyclic) bond motifs is 1. The van der Waals surface area contributed by atoms with Crippen molar-refractivity contribution in [2.24, 2.45) is 0 Å². The fourth-order valence-electron chi connectivity index (χ4n) is 3.46. The van der Waals surface area contributed by atoms with Crippen molar-refractivity contribution in [3.63, 3.8) is 0 Å². The van der Waals surface area contributed by atoms with Gasteiger partial charge in [-0.15, -0.1) is 0 Å². The summed E-state index contributed by atoms with van der Waals surface area (Å²) in [4.78, 5) is 25.6. The Morgan fingerprint density at radius 3 is 2.33 bits per heavy atom. The lowest BCUT2D eigenvalue weighted by molar-refractivity contribution is -0.143. The van der Waals surface area contributed by atoms with Crippen molar-refractivity contribution in [3.8, 4) is 0 Å². The highest BCUT2D eigenvalue weighted by molar-refractivity contribution is 6.13. The Hall–Kier alpha value is -2.72. The van der Waals surface area contributed by atoms with Gasteiger partial charge in [-0.2, -0.15) is 0 Å². The van der Waals surface area contributed by atoms with Crippen molar-refractivity contribution in [2.75, 3.05) is 0 Å². The van der Waals surface area contributed by atoms with Crippen LogP contribution in [0.1, 0.15) is 22.7 Å². The molecular formula is C20H17NO3. The number of hydrogen-bond donors (Lipinski definition) is 0. The van der Waals surface area contributed by atoms with Crippen LogP contribution in [-0.4, -0.2) is 22.8 Å². The number of benzene rings is 2. The highest BCUT2D eigenvalue weighted by atomic mass is 16.5. The summed E-state index contributed by atoms with van der Waals surface area (Å²) in [5.74, 6) is -0.537. The summed E-state index contributed by atoms with van der Waals surface area (Å²) in [6, 6.07) is 17.5. The monoisotopic (exact) mass is 319 g/mol. The van der Waals surface area contributed by atoms with Gasteiger partial charge in [0.25, 0.3) is 11.8 Å². The van der Waals surface area contributed by atoms with Gasteiger partial charge in [-0.05, 0) is 16.7 Å². The van der Waals surface area contributed by atoms with E-state index in [1.165, 1.54) is 17.1 Å². The second-order valence-electron chi connectivity index (χ2n) is 6.06. The Balaban J connectivity index is 1.61. The lowest BCUT2D eigenvalue weighted by Crippen LogP contribution is -2.39. The van der Waals surface area contributed by atoms with Crippen LogP contribution in [0.2, 0.25) is 0 Å². The van der Waals surface area contributed by atoms with Crippen LogP contribution >= 0.6 is 0 Å². The zero-order valence-electron chi connectivity index (χ0n) is 13.1. The third-order valence-corrected chi connectivity index (χ3v) is 4.58. The van der Waals surface area contributed by atoms with Gasteiger partial charge < -0.3 is 4.74 Å². The molecule has 120 valence electrons. The van der Waals surface area contributed by atoms with E-state index in [0.29, 0.717) is 13.0 Å². The van der Waals surface area contributed by atoms with Crippen LogP contribution in [0.5, 0.6) is 0 Å². The van der Waals surface area contributed by atoms with Gasteiger partial charge in [-0.25, -0.2) is 0 Å². The molecule has 2 amide bonds. The summed E-state index contributed by atoms with van der Waals surface area (Å²) in [5, 5.41) is 0. The Kier molecular flexibility index (Phi) is 3.75. The van der Waals surface area contributed by atoms with E-state index in [9.17, 15) is 9.59 Å². The zero-order chi connectivity index (χ0) is 16.5. The summed E-state index contributed by atoms with van der Waals surface area (Å²) in [7, 11) is 0. The van der Waals surface area contributed by atoms with E-state index < -0.39 is 0 Å². The maximum Gasteiger partial charge on any atom is 0.254 e. The van der Waals surface area contributed by atoms with Gasteiger partial charge >= 0.3 is 0 Å². The van der Waals surface area contributed by atoms with Gasteiger partial charge in [-0.1, -0.05) is 54.6 Å². The number of nitrogens with zero attached hydrogens (tertiary/aromatic N) is 1. The first-order chi connectivity index (χ1) is 11.7. The van der Waals surface area contributed by atoms with E-state index in [4.69, 9.17) is 4.74 Å². The molecule has 1 aliphatic heterocycles. The highest BCUT2D eigenvalue weighted by Crippen LogP contribution is 2.39. The van der Waals surface area contributed by atoms with Crippen LogP contribution in [0, 0.1) is 0 Å². The van der Waals surface area contributed by atoms with Crippen molar-refractivity contribution in [1.82, 2.24) is 4.90 Å². The lowest BCUT2D eigenvalue weighted by atomic mass is 10.1. The van der Waals surface area contributed by atoms with Gasteiger partial charge in [0.15, 0.2) is 0 Å². The van der Waals surface area contributed by atoms with Crippen LogP contribution in [0.4, 0.5) is 0 Å². The molecule has 0 fully saturated rings. The van der Waals surface area contributed by atoms with E-state index >= 15 is 0 Å². The summed E-state index contributed by atoms with van der Waals surface area (Å²) in [6.45, 7) is 0.458. The van der Waals surface area contributed by atoms with Crippen molar-refractivity contribution in [1.29, 1.82) is 0 Å². The summed E-state index contributed by atoms with van der Waals surface area (Å²) in [5.41, 5.74) is 3.21. The molecule has 0 saturated carbocycles. The van der Waals surface area contributed by atoms with Gasteiger partial charge in [0.2, 0.25) is 0 Å². The SMILES string of the molecule is O=C1C=CC(=O)N1[C@H]1c2ccccc2C[C@H]1OCc1ccccc1. The number of rotatable bonds is 4. The molecule has 4 nitrogen and oxygen atoms in total. The average Bonchev–Trinajstić information content (AvgIpc) is 3.13. The molecule has 4 heteroatoms. The second-order valence-corrected chi connectivity index (χ2v) is 6.06. The first-order valence-corrected chi connectivity index (χ1v) is 8.02. The zero-order valence-corrected chi connectivity index (χ0v) is 13.1. The molecular weight excluding hydrogens is 302 g/mol. The smallest absolute Gasteiger partial charge is 0.254 e. The fourth-order valence-corrected chi connectivity index (χ4v) is 3.46. The minimum Gasteiger partial charge on any atom is -0.371 e. The molecule has 2 aromatic carbocycles. The Bertz CT molecular complexity index is 795. The molecule has 0 unspecified atom stereocenters. The third kappa shape index (κ3) is 2.55. The van der Waals surface area contributed by atoms with Gasteiger partial charge in [-0.3, -0.25) is 14.5 Å². The molecule has 2 aliphatic rings. The third-order valence-electron chi connectivity index (χ3n) is 4.58. The summed E-state index contributed by atoms with van der Waals surface area (Å²) < 4.78 is 6.12. The minimum absolute atomic E-state index is 0.226. The van der Waals surface area contributed by atoms with Crippen LogP contribution in [0.15, 0.2) is 66.7 Å². The van der Waals surface area contributed by atoms with Crippen LogP contribution in [0.25, 0.3) is 0 Å². The Morgan fingerprint density at radius 2 is 1.58 bits per heavy atom. The van der Waals surface area contributed by atoms with Gasteiger partial charge in [0.1, 0.15) is 0 Å². The topological polar surface area (TPSA) is 46.6 Å². The van der Waals surface area contributed by atoms with Gasteiger partial charge in [0.05, 0.1) is 18.8 Å². The summed E-state index contributed by atoms with van der Waals surface area (Å²) >= 11 is 0. The van der Waals surface area contributed by atoms with E-state index in [1.807, 2.05) is 54.6 Å². The molecule has 0 bridgehead atoms. The van der Waals surface area contributed by atoms with Crippen molar-refractivity contribution < 1.29 is 14.3 Å². The van der Waals surface area contributed by atoms with E-state index in [0.717, 1.165) is 16.7 Å². The number of amides is 2. The molecule has 4 rings (SSSR count). The normalized spacial score (nSPS) is 22.2. The second kappa shape index (κ2) is 6.06. The number of carbonyl (C=O) groups excluding carboxylic acids is 2. The Morgan fingerprint density at radius 1 is 0.917 bits per heavy atom. The maximum absolute atomic E-state index is 12.2. The van der Waals surface area contributed by atoms with E-state index in [1.54, 1.807) is 0 Å². The lowest BCUT2D eigenvalue weighted by Gasteiger charge is -2.28. The largest absolute Gasteiger partial charge is 0.371 e. The Labute approximate surface area is 140 Å². The molecule has 0 spiro atoms. The molecule has 1 aliphatic carbocycles. The fraction of sp³-hybridized carbons (Fsp3) is 0.200. The maximum atomic E-state index is 12.2. The van der Waals surface area contributed by atoms with Crippen LogP contribution in [0.3, 0.4) is 0 Å². The number of carbonyl (C=O) groups is 2. The molecule has 24 heavy (non-hydrogen) atoms. The molecule has 2 aromatic rings. The number of imide groups is 1. The molecule has 0 N–H and O–H groups in total. The predicted octanol–water partition coefficient (Wildman–Crippen LogP) is 2.79. The van der Waals surface area contributed by atoms with Gasteiger partial charge in [0, 0.05) is 18.6 Å². The molecule has 0 radical (unpaired) electrons. The molecule has 2 atom stereocenters. The van der Waals surface area contributed by atoms with Crippen LogP contribution in [-0.2, 0) is 27.4 Å². The first-order valence-electron chi connectivity index (χ1n) is 8.02. The molecule has 0 saturated heterocycles. The van der Waals surface area contributed by atoms with Crippen molar-refractivity contribution >= 4 is 11.8 Å². The predicted molar refractivity (Wildman–Crippen MR) is 88.9 cm³/mol. The van der Waals surface area contributed by atoms with E-state index in [-0.39, 0.29) is 24.0 Å². The van der Waals surface area contributed by atoms with Crippen molar-refractivity contribution in [3.05, 3.63) is 83.4 Å². The van der Waals surface area contributed by atoms with Crippen molar-refractivity contribution in [2.45, 2.75) is 25.2 Å². The number of hydrogen-bond acceptors (Lipinski definition) is 3. The van der Waals surface area contributed by atoms with Crippen LogP contribution < -0.4 is 0 Å². The number of ether oxygens (including phenoxy) is 1.